The van der Waals surface area contributed by atoms with Crippen LogP contribution in [0.5, 0.6) is 0 Å². The molecule has 0 aliphatic heterocycles. The Kier molecular flexibility index (Phi) is 2.18. The van der Waals surface area contributed by atoms with Crippen molar-refractivity contribution in [2.24, 2.45) is 0 Å². The molecular formula is C19H9BrN2. The molecule has 0 spiro atoms. The molecule has 2 aromatic heterocycles. The zero-order chi connectivity index (χ0) is 14.8. The first-order valence-corrected chi connectivity index (χ1v) is 7.85. The molecule has 0 fully saturated rings. The Hall–Kier alpha value is -2.57. The van der Waals surface area contributed by atoms with Crippen LogP contribution in [0.4, 0.5) is 0 Å². The van der Waals surface area contributed by atoms with Gasteiger partial charge in [-0.05, 0) is 36.4 Å². The largest absolute Gasteiger partial charge is 0.308 e. The van der Waals surface area contributed by atoms with Crippen molar-refractivity contribution in [3.05, 3.63) is 64.6 Å². The molecule has 0 unspecified atom stereocenters. The van der Waals surface area contributed by atoms with Crippen LogP contribution in [-0.4, -0.2) is 4.40 Å². The molecule has 0 saturated heterocycles. The van der Waals surface area contributed by atoms with Crippen LogP contribution >= 0.6 is 15.9 Å². The SMILES string of the molecule is N#Cc1ccc2c(c1)c1cc(Br)cc3c4ccccc4n2c31. The fourth-order valence-electron chi connectivity index (χ4n) is 3.53. The van der Waals surface area contributed by atoms with E-state index in [1.54, 1.807) is 0 Å². The van der Waals surface area contributed by atoms with Crippen molar-refractivity contribution in [1.82, 2.24) is 4.40 Å². The quantitative estimate of drug-likeness (QED) is 0.366. The molecular weight excluding hydrogens is 336 g/mol. The normalized spacial score (nSPS) is 11.8. The Morgan fingerprint density at radius 3 is 2.36 bits per heavy atom. The first-order valence-electron chi connectivity index (χ1n) is 7.05. The minimum absolute atomic E-state index is 0.696. The smallest absolute Gasteiger partial charge is 0.0991 e. The third kappa shape index (κ3) is 1.33. The van der Waals surface area contributed by atoms with Crippen LogP contribution in [0, 0.1) is 11.3 Å². The molecule has 3 heteroatoms. The first-order chi connectivity index (χ1) is 10.8. The minimum Gasteiger partial charge on any atom is -0.308 e. The molecule has 2 nitrogen and oxygen atoms in total. The molecule has 0 aliphatic rings. The lowest BCUT2D eigenvalue weighted by atomic mass is 10.1. The van der Waals surface area contributed by atoms with Crippen LogP contribution in [-0.2, 0) is 0 Å². The number of rotatable bonds is 0. The molecule has 22 heavy (non-hydrogen) atoms. The highest BCUT2D eigenvalue weighted by Gasteiger charge is 2.17. The molecule has 5 aromatic rings. The predicted octanol–water partition coefficient (Wildman–Crippen LogP) is 5.47. The number of benzene rings is 3. The summed E-state index contributed by atoms with van der Waals surface area (Å²) in [7, 11) is 0. The highest BCUT2D eigenvalue weighted by Crippen LogP contribution is 2.40. The van der Waals surface area contributed by atoms with Gasteiger partial charge in [0, 0.05) is 26.0 Å². The number of hydrogen-bond acceptors (Lipinski definition) is 1. The molecule has 3 aromatic carbocycles. The third-order valence-corrected chi connectivity index (χ3v) is 4.85. The molecule has 0 bridgehead atoms. The average Bonchev–Trinajstić information content (AvgIpc) is 3.04. The number of halogens is 1. The zero-order valence-corrected chi connectivity index (χ0v) is 13.1. The van der Waals surface area contributed by atoms with Crippen LogP contribution in [0.25, 0.3) is 38.1 Å². The number of nitrogens with zero attached hydrogens (tertiary/aromatic N) is 2. The Balaban J connectivity index is 2.21. The fraction of sp³-hybridized carbons (Fsp3) is 0. The Morgan fingerprint density at radius 1 is 0.818 bits per heavy atom. The van der Waals surface area contributed by atoms with Crippen molar-refractivity contribution in [1.29, 1.82) is 5.26 Å². The third-order valence-electron chi connectivity index (χ3n) is 4.39. The van der Waals surface area contributed by atoms with Crippen molar-refractivity contribution in [3.8, 4) is 6.07 Å². The van der Waals surface area contributed by atoms with Gasteiger partial charge < -0.3 is 4.40 Å². The topological polar surface area (TPSA) is 28.2 Å². The van der Waals surface area contributed by atoms with Crippen molar-refractivity contribution in [2.45, 2.75) is 0 Å². The highest BCUT2D eigenvalue weighted by atomic mass is 79.9. The van der Waals surface area contributed by atoms with E-state index in [2.05, 4.69) is 62.8 Å². The maximum Gasteiger partial charge on any atom is 0.0991 e. The summed E-state index contributed by atoms with van der Waals surface area (Å²) >= 11 is 3.63. The summed E-state index contributed by atoms with van der Waals surface area (Å²) < 4.78 is 3.37. The molecule has 0 aliphatic carbocycles. The van der Waals surface area contributed by atoms with E-state index < -0.39 is 0 Å². The van der Waals surface area contributed by atoms with E-state index in [4.69, 9.17) is 0 Å². The predicted molar refractivity (Wildman–Crippen MR) is 93.5 cm³/mol. The van der Waals surface area contributed by atoms with Crippen molar-refractivity contribution < 1.29 is 0 Å². The second kappa shape index (κ2) is 4.00. The van der Waals surface area contributed by atoms with Gasteiger partial charge in [0.25, 0.3) is 0 Å². The maximum atomic E-state index is 9.19. The number of hydrogen-bond donors (Lipinski definition) is 0. The van der Waals surface area contributed by atoms with Crippen LogP contribution < -0.4 is 0 Å². The van der Waals surface area contributed by atoms with Crippen molar-refractivity contribution in [2.75, 3.05) is 0 Å². The second-order valence-corrected chi connectivity index (χ2v) is 6.46. The Bertz CT molecular complexity index is 1240. The summed E-state index contributed by atoms with van der Waals surface area (Å²) in [5, 5.41) is 14.0. The van der Waals surface area contributed by atoms with E-state index in [0.29, 0.717) is 5.56 Å². The van der Waals surface area contributed by atoms with Crippen LogP contribution in [0.2, 0.25) is 0 Å². The van der Waals surface area contributed by atoms with Gasteiger partial charge in [-0.3, -0.25) is 0 Å². The van der Waals surface area contributed by atoms with Gasteiger partial charge in [0.05, 0.1) is 28.2 Å². The summed E-state index contributed by atoms with van der Waals surface area (Å²) in [5.41, 5.74) is 4.29. The van der Waals surface area contributed by atoms with Crippen LogP contribution in [0.1, 0.15) is 5.56 Å². The first kappa shape index (κ1) is 12.0. The van der Waals surface area contributed by atoms with Gasteiger partial charge >= 0.3 is 0 Å². The molecule has 2 heterocycles. The highest BCUT2D eigenvalue weighted by molar-refractivity contribution is 9.10. The van der Waals surface area contributed by atoms with Crippen molar-refractivity contribution in [3.63, 3.8) is 0 Å². The van der Waals surface area contributed by atoms with Gasteiger partial charge in [0.15, 0.2) is 0 Å². The molecule has 0 saturated carbocycles. The lowest BCUT2D eigenvalue weighted by molar-refractivity contribution is 1.37. The van der Waals surface area contributed by atoms with Gasteiger partial charge in [0.2, 0.25) is 0 Å². The van der Waals surface area contributed by atoms with E-state index in [-0.39, 0.29) is 0 Å². The van der Waals surface area contributed by atoms with E-state index in [9.17, 15) is 5.26 Å². The lowest BCUT2D eigenvalue weighted by Gasteiger charge is -1.98. The van der Waals surface area contributed by atoms with E-state index >= 15 is 0 Å². The maximum absolute atomic E-state index is 9.19. The van der Waals surface area contributed by atoms with Crippen LogP contribution in [0.15, 0.2) is 59.1 Å². The molecule has 0 atom stereocenters. The van der Waals surface area contributed by atoms with Crippen molar-refractivity contribution >= 4 is 54.0 Å². The summed E-state index contributed by atoms with van der Waals surface area (Å²) in [6.07, 6.45) is 0. The van der Waals surface area contributed by atoms with Gasteiger partial charge in [-0.2, -0.15) is 5.26 Å². The van der Waals surface area contributed by atoms with Gasteiger partial charge in [-0.1, -0.05) is 34.1 Å². The molecule has 102 valence electrons. The van der Waals surface area contributed by atoms with Gasteiger partial charge in [-0.25, -0.2) is 0 Å². The Labute approximate surface area is 134 Å². The molecule has 0 amide bonds. The zero-order valence-electron chi connectivity index (χ0n) is 11.5. The number of nitriles is 1. The summed E-state index contributed by atoms with van der Waals surface area (Å²) in [6.45, 7) is 0. The fourth-order valence-corrected chi connectivity index (χ4v) is 3.99. The molecule has 0 radical (unpaired) electrons. The Morgan fingerprint density at radius 2 is 1.55 bits per heavy atom. The second-order valence-electron chi connectivity index (χ2n) is 5.55. The molecule has 0 N–H and O–H groups in total. The van der Waals surface area contributed by atoms with Crippen LogP contribution in [0.3, 0.4) is 0 Å². The number of para-hydroxylation sites is 1. The number of aromatic nitrogens is 1. The summed E-state index contributed by atoms with van der Waals surface area (Å²) in [5.74, 6) is 0. The van der Waals surface area contributed by atoms with Gasteiger partial charge in [0.1, 0.15) is 0 Å². The summed E-state index contributed by atoms with van der Waals surface area (Å²) in [4.78, 5) is 0. The lowest BCUT2D eigenvalue weighted by Crippen LogP contribution is -1.80. The van der Waals surface area contributed by atoms with E-state index in [1.807, 2.05) is 18.2 Å². The monoisotopic (exact) mass is 344 g/mol. The van der Waals surface area contributed by atoms with Gasteiger partial charge in [-0.15, -0.1) is 0 Å². The molecule has 5 rings (SSSR count). The average molecular weight is 345 g/mol. The number of fused-ring (bicyclic) bond motifs is 6. The summed E-state index contributed by atoms with van der Waals surface area (Å²) in [6, 6.07) is 20.9. The van der Waals surface area contributed by atoms with E-state index in [1.165, 1.54) is 27.2 Å². The standard InChI is InChI=1S/C19H9BrN2/c20-12-8-15-13-3-1-2-4-17(13)22-18-6-5-11(10-21)7-14(18)16(9-12)19(15)22/h1-9H. The minimum atomic E-state index is 0.696. The van der Waals surface area contributed by atoms with E-state index in [0.717, 1.165) is 15.4 Å².